The number of amides is 1. The van der Waals surface area contributed by atoms with Gasteiger partial charge in [-0.3, -0.25) is 4.79 Å². The molecule has 2 atom stereocenters. The first kappa shape index (κ1) is 11.1. The van der Waals surface area contributed by atoms with Crippen LogP contribution in [0, 0.1) is 0 Å². The van der Waals surface area contributed by atoms with Gasteiger partial charge in [-0.25, -0.2) is 0 Å². The molecule has 0 radical (unpaired) electrons. The molecule has 0 N–H and O–H groups in total. The van der Waals surface area contributed by atoms with Crippen molar-refractivity contribution in [1.82, 2.24) is 4.90 Å². The Morgan fingerprint density at radius 3 is 2.69 bits per heavy atom. The number of hydrogen-bond acceptors (Lipinski definition) is 2. The zero-order chi connectivity index (χ0) is 11.5. The van der Waals surface area contributed by atoms with E-state index >= 15 is 0 Å². The molecule has 1 aromatic rings. The molecule has 1 amide bonds. The van der Waals surface area contributed by atoms with Crippen molar-refractivity contribution in [2.75, 3.05) is 13.2 Å². The molecule has 1 aromatic carbocycles. The fraction of sp³-hybridized carbons (Fsp3) is 0.462. The van der Waals surface area contributed by atoms with Crippen molar-refractivity contribution in [2.24, 2.45) is 0 Å². The molecule has 1 heterocycles. The maximum absolute atomic E-state index is 11.5. The summed E-state index contributed by atoms with van der Waals surface area (Å²) in [5.41, 5.74) is 1.14. The number of hydrogen-bond donors (Lipinski definition) is 0. The average molecular weight is 219 g/mol. The third kappa shape index (κ3) is 2.09. The minimum Gasteiger partial charge on any atom is -0.370 e. The summed E-state index contributed by atoms with van der Waals surface area (Å²) in [7, 11) is 0. The Labute approximate surface area is 96.0 Å². The molecular weight excluding hydrogens is 202 g/mol. The molecule has 1 aliphatic rings. The van der Waals surface area contributed by atoms with Crippen LogP contribution in [-0.2, 0) is 9.53 Å². The first-order chi connectivity index (χ1) is 7.70. The van der Waals surface area contributed by atoms with Crippen molar-refractivity contribution >= 4 is 5.91 Å². The van der Waals surface area contributed by atoms with Crippen LogP contribution in [0.25, 0.3) is 0 Å². The van der Waals surface area contributed by atoms with Crippen molar-refractivity contribution in [3.8, 4) is 0 Å². The molecule has 0 spiro atoms. The van der Waals surface area contributed by atoms with E-state index in [1.807, 2.05) is 42.2 Å². The van der Waals surface area contributed by atoms with Crippen LogP contribution in [-0.4, -0.2) is 30.0 Å². The van der Waals surface area contributed by atoms with Crippen molar-refractivity contribution in [2.45, 2.75) is 26.0 Å². The number of carbonyl (C=O) groups excluding carboxylic acids is 1. The first-order valence-electron chi connectivity index (χ1n) is 5.64. The maximum atomic E-state index is 11.5. The number of benzene rings is 1. The van der Waals surface area contributed by atoms with Gasteiger partial charge in [-0.2, -0.15) is 0 Å². The van der Waals surface area contributed by atoms with Crippen LogP contribution in [0.3, 0.4) is 0 Å². The normalized spacial score (nSPS) is 25.5. The summed E-state index contributed by atoms with van der Waals surface area (Å²) in [5.74, 6) is 0.122. The van der Waals surface area contributed by atoms with Gasteiger partial charge in [0.15, 0.2) is 0 Å². The molecule has 0 unspecified atom stereocenters. The first-order valence-corrected chi connectivity index (χ1v) is 5.64. The molecule has 86 valence electrons. The largest absolute Gasteiger partial charge is 0.370 e. The fourth-order valence-electron chi connectivity index (χ4n) is 2.25. The Morgan fingerprint density at radius 2 is 2.06 bits per heavy atom. The molecule has 16 heavy (non-hydrogen) atoms. The minimum absolute atomic E-state index is 0.00106. The molecule has 0 saturated carbocycles. The highest BCUT2D eigenvalue weighted by molar-refractivity contribution is 5.73. The molecule has 3 nitrogen and oxygen atoms in total. The lowest BCUT2D eigenvalue weighted by Gasteiger charge is -2.39. The smallest absolute Gasteiger partial charge is 0.219 e. The van der Waals surface area contributed by atoms with Gasteiger partial charge in [0, 0.05) is 13.5 Å². The van der Waals surface area contributed by atoms with Crippen LogP contribution >= 0.6 is 0 Å². The van der Waals surface area contributed by atoms with E-state index in [4.69, 9.17) is 4.74 Å². The van der Waals surface area contributed by atoms with Crippen LogP contribution in [0.2, 0.25) is 0 Å². The highest BCUT2D eigenvalue weighted by Gasteiger charge is 2.31. The highest BCUT2D eigenvalue weighted by atomic mass is 16.5. The Morgan fingerprint density at radius 1 is 1.38 bits per heavy atom. The SMILES string of the molecule is CC(=O)N1CCO[C@@H](c2ccccc2)[C@H]1C. The summed E-state index contributed by atoms with van der Waals surface area (Å²) in [6.07, 6.45) is -0.00106. The van der Waals surface area contributed by atoms with Gasteiger partial charge in [-0.1, -0.05) is 30.3 Å². The Bertz CT molecular complexity index is 363. The lowest BCUT2D eigenvalue weighted by molar-refractivity contribution is -0.143. The Balaban J connectivity index is 2.19. The summed E-state index contributed by atoms with van der Waals surface area (Å²) in [5, 5.41) is 0. The predicted octanol–water partition coefficient (Wildman–Crippen LogP) is 1.99. The van der Waals surface area contributed by atoms with E-state index < -0.39 is 0 Å². The van der Waals surface area contributed by atoms with Gasteiger partial charge in [-0.05, 0) is 12.5 Å². The van der Waals surface area contributed by atoms with Crippen LogP contribution in [0.4, 0.5) is 0 Å². The summed E-state index contributed by atoms with van der Waals surface area (Å²) in [6.45, 7) is 4.96. The third-order valence-corrected chi connectivity index (χ3v) is 3.09. The summed E-state index contributed by atoms with van der Waals surface area (Å²) in [4.78, 5) is 13.3. The third-order valence-electron chi connectivity index (χ3n) is 3.09. The predicted molar refractivity (Wildman–Crippen MR) is 62.0 cm³/mol. The maximum Gasteiger partial charge on any atom is 0.219 e. The number of carbonyl (C=O) groups is 1. The average Bonchev–Trinajstić information content (AvgIpc) is 2.30. The molecule has 2 rings (SSSR count). The van der Waals surface area contributed by atoms with Crippen LogP contribution < -0.4 is 0 Å². The van der Waals surface area contributed by atoms with Gasteiger partial charge >= 0.3 is 0 Å². The lowest BCUT2D eigenvalue weighted by Crippen LogP contribution is -2.47. The Kier molecular flexibility index (Phi) is 3.25. The van der Waals surface area contributed by atoms with Gasteiger partial charge in [0.05, 0.1) is 12.6 Å². The van der Waals surface area contributed by atoms with Gasteiger partial charge < -0.3 is 9.64 Å². The molecule has 1 saturated heterocycles. The molecule has 0 bridgehead atoms. The lowest BCUT2D eigenvalue weighted by atomic mass is 10.0. The summed E-state index contributed by atoms with van der Waals surface area (Å²) < 4.78 is 5.76. The quantitative estimate of drug-likeness (QED) is 0.723. The van der Waals surface area contributed by atoms with E-state index in [-0.39, 0.29) is 18.1 Å². The number of rotatable bonds is 1. The molecule has 0 aliphatic carbocycles. The molecule has 3 heteroatoms. The number of ether oxygens (including phenoxy) is 1. The van der Waals surface area contributed by atoms with E-state index in [2.05, 4.69) is 0 Å². The van der Waals surface area contributed by atoms with Gasteiger partial charge in [-0.15, -0.1) is 0 Å². The molecule has 1 aliphatic heterocycles. The van der Waals surface area contributed by atoms with Crippen LogP contribution in [0.15, 0.2) is 30.3 Å². The molecule has 0 aromatic heterocycles. The molecular formula is C13H17NO2. The summed E-state index contributed by atoms with van der Waals surface area (Å²) in [6, 6.07) is 10.2. The number of morpholine rings is 1. The second-order valence-corrected chi connectivity index (χ2v) is 4.16. The summed E-state index contributed by atoms with van der Waals surface area (Å²) >= 11 is 0. The van der Waals surface area contributed by atoms with Gasteiger partial charge in [0.1, 0.15) is 6.10 Å². The van der Waals surface area contributed by atoms with Gasteiger partial charge in [0.25, 0.3) is 0 Å². The highest BCUT2D eigenvalue weighted by Crippen LogP contribution is 2.27. The standard InChI is InChI=1S/C13H17NO2/c1-10-13(12-6-4-3-5-7-12)16-9-8-14(10)11(2)15/h3-7,10,13H,8-9H2,1-2H3/t10-,13-/m1/s1. The monoisotopic (exact) mass is 219 g/mol. The minimum atomic E-state index is -0.00106. The van der Waals surface area contributed by atoms with Crippen molar-refractivity contribution in [1.29, 1.82) is 0 Å². The van der Waals surface area contributed by atoms with E-state index in [0.717, 1.165) is 5.56 Å². The zero-order valence-corrected chi connectivity index (χ0v) is 9.72. The fourth-order valence-corrected chi connectivity index (χ4v) is 2.25. The Hall–Kier alpha value is -1.35. The van der Waals surface area contributed by atoms with Crippen molar-refractivity contribution in [3.05, 3.63) is 35.9 Å². The van der Waals surface area contributed by atoms with Crippen molar-refractivity contribution in [3.63, 3.8) is 0 Å². The molecule has 1 fully saturated rings. The van der Waals surface area contributed by atoms with E-state index in [9.17, 15) is 4.79 Å². The van der Waals surface area contributed by atoms with Crippen molar-refractivity contribution < 1.29 is 9.53 Å². The van der Waals surface area contributed by atoms with E-state index in [1.165, 1.54) is 0 Å². The topological polar surface area (TPSA) is 29.5 Å². The van der Waals surface area contributed by atoms with E-state index in [0.29, 0.717) is 13.2 Å². The van der Waals surface area contributed by atoms with Crippen LogP contribution in [0.1, 0.15) is 25.5 Å². The van der Waals surface area contributed by atoms with Crippen LogP contribution in [0.5, 0.6) is 0 Å². The number of nitrogens with zero attached hydrogens (tertiary/aromatic N) is 1. The zero-order valence-electron chi connectivity index (χ0n) is 9.72. The second-order valence-electron chi connectivity index (χ2n) is 4.16. The second kappa shape index (κ2) is 4.66. The van der Waals surface area contributed by atoms with Gasteiger partial charge in [0.2, 0.25) is 5.91 Å². The van der Waals surface area contributed by atoms with E-state index in [1.54, 1.807) is 6.92 Å².